The van der Waals surface area contributed by atoms with Gasteiger partial charge in [0.2, 0.25) is 0 Å². The lowest BCUT2D eigenvalue weighted by molar-refractivity contribution is -0.141. The number of phenols is 1. The number of hydrogen-bond donors (Lipinski definition) is 1. The Morgan fingerprint density at radius 3 is 2.26 bits per heavy atom. The fourth-order valence-electron chi connectivity index (χ4n) is 2.71. The normalized spacial score (nSPS) is 11.3. The third-order valence-corrected chi connectivity index (χ3v) is 3.80. The lowest BCUT2D eigenvalue weighted by Gasteiger charge is -2.12. The van der Waals surface area contributed by atoms with Gasteiger partial charge in [-0.3, -0.25) is 4.79 Å². The zero-order valence-corrected chi connectivity index (χ0v) is 14.8. The van der Waals surface area contributed by atoms with Crippen molar-refractivity contribution in [2.75, 3.05) is 0 Å². The Morgan fingerprint density at radius 1 is 0.889 bits per heavy atom. The summed E-state index contributed by atoms with van der Waals surface area (Å²) in [6.07, 6.45) is 0. The second-order valence-corrected chi connectivity index (χ2v) is 5.82. The van der Waals surface area contributed by atoms with Crippen molar-refractivity contribution in [2.24, 2.45) is 5.16 Å². The molecule has 1 N–H and O–H groups in total. The van der Waals surface area contributed by atoms with Crippen LogP contribution in [0, 0.1) is 0 Å². The first-order valence-electron chi connectivity index (χ1n) is 8.21. The number of hydrogen-bond acceptors (Lipinski definition) is 6. The zero-order chi connectivity index (χ0) is 19.4. The summed E-state index contributed by atoms with van der Waals surface area (Å²) >= 11 is 0. The summed E-state index contributed by atoms with van der Waals surface area (Å²) in [6.45, 7) is 2.56. The number of oxime groups is 1. The van der Waals surface area contributed by atoms with Crippen molar-refractivity contribution in [3.05, 3.63) is 71.8 Å². The number of phenolic OH excluding ortho intramolecular Hbond substituents is 1. The lowest BCUT2D eigenvalue weighted by Crippen LogP contribution is -2.08. The maximum absolute atomic E-state index is 11.3. The molecule has 136 valence electrons. The molecule has 0 fully saturated rings. The van der Waals surface area contributed by atoms with Crippen molar-refractivity contribution in [1.29, 1.82) is 0 Å². The average molecular weight is 363 g/mol. The smallest absolute Gasteiger partial charge is 0.332 e. The Bertz CT molecular complexity index is 1040. The molecule has 0 unspecified atom stereocenters. The number of ether oxygens (including phenoxy) is 1. The van der Waals surface area contributed by atoms with Gasteiger partial charge in [0.1, 0.15) is 17.2 Å². The lowest BCUT2D eigenvalue weighted by atomic mass is 9.95. The molecule has 0 heterocycles. The van der Waals surface area contributed by atoms with Gasteiger partial charge in [-0.25, -0.2) is 4.79 Å². The summed E-state index contributed by atoms with van der Waals surface area (Å²) in [4.78, 5) is 27.2. The highest BCUT2D eigenvalue weighted by Crippen LogP contribution is 2.30. The van der Waals surface area contributed by atoms with Gasteiger partial charge in [0.05, 0.1) is 5.56 Å². The average Bonchev–Trinajstić information content (AvgIpc) is 2.64. The van der Waals surface area contributed by atoms with E-state index in [1.807, 2.05) is 24.3 Å². The molecule has 0 spiro atoms. The second kappa shape index (κ2) is 7.70. The molecular formula is C21H17NO5. The fourth-order valence-corrected chi connectivity index (χ4v) is 2.71. The highest BCUT2D eigenvalue weighted by atomic mass is 16.7. The molecule has 0 aromatic heterocycles. The number of rotatable bonds is 4. The highest BCUT2D eigenvalue weighted by molar-refractivity contribution is 6.21. The fraction of sp³-hybridized carbons (Fsp3) is 0.0952. The van der Waals surface area contributed by atoms with Gasteiger partial charge in [-0.15, -0.1) is 0 Å². The van der Waals surface area contributed by atoms with Crippen LogP contribution in [0.1, 0.15) is 25.0 Å². The quantitative estimate of drug-likeness (QED) is 0.251. The van der Waals surface area contributed by atoms with E-state index in [4.69, 9.17) is 9.57 Å². The summed E-state index contributed by atoms with van der Waals surface area (Å²) in [6, 6.07) is 17.4. The Balaban J connectivity index is 2.16. The van der Waals surface area contributed by atoms with E-state index in [0.29, 0.717) is 16.9 Å². The minimum atomic E-state index is -0.580. The van der Waals surface area contributed by atoms with Gasteiger partial charge in [0, 0.05) is 19.4 Å². The minimum absolute atomic E-state index is 0.00339. The van der Waals surface area contributed by atoms with E-state index < -0.39 is 11.9 Å². The largest absolute Gasteiger partial charge is 0.507 e. The molecule has 0 aliphatic rings. The Morgan fingerprint density at radius 2 is 1.59 bits per heavy atom. The number of nitrogens with zero attached hydrogens (tertiary/aromatic N) is 1. The van der Waals surface area contributed by atoms with Crippen LogP contribution in [0.5, 0.6) is 11.5 Å². The predicted molar refractivity (Wildman–Crippen MR) is 101 cm³/mol. The molecule has 0 saturated carbocycles. The zero-order valence-electron chi connectivity index (χ0n) is 14.8. The van der Waals surface area contributed by atoms with Crippen LogP contribution in [0.2, 0.25) is 0 Å². The van der Waals surface area contributed by atoms with E-state index in [-0.39, 0.29) is 11.5 Å². The SMILES string of the molecule is CC(=O)O/N=C(\c1ccc(OC(C)=O)cc1)c1c(O)ccc2ccccc12. The van der Waals surface area contributed by atoms with Crippen molar-refractivity contribution >= 4 is 28.4 Å². The summed E-state index contributed by atoms with van der Waals surface area (Å²) in [5.41, 5.74) is 1.31. The molecule has 3 aromatic carbocycles. The van der Waals surface area contributed by atoms with Gasteiger partial charge in [-0.05, 0) is 41.1 Å². The first kappa shape index (κ1) is 18.1. The molecule has 3 rings (SSSR count). The molecule has 0 aliphatic carbocycles. The van der Waals surface area contributed by atoms with Crippen LogP contribution >= 0.6 is 0 Å². The van der Waals surface area contributed by atoms with Gasteiger partial charge < -0.3 is 14.7 Å². The van der Waals surface area contributed by atoms with E-state index >= 15 is 0 Å². The molecule has 3 aromatic rings. The molecular weight excluding hydrogens is 346 g/mol. The molecule has 0 saturated heterocycles. The van der Waals surface area contributed by atoms with Gasteiger partial charge in [0.25, 0.3) is 0 Å². The predicted octanol–water partition coefficient (Wildman–Crippen LogP) is 3.79. The monoisotopic (exact) mass is 363 g/mol. The first-order valence-corrected chi connectivity index (χ1v) is 8.21. The van der Waals surface area contributed by atoms with Crippen molar-refractivity contribution < 1.29 is 24.3 Å². The second-order valence-electron chi connectivity index (χ2n) is 5.82. The summed E-state index contributed by atoms with van der Waals surface area (Å²) in [5.74, 6) is -0.629. The van der Waals surface area contributed by atoms with Gasteiger partial charge in [0.15, 0.2) is 0 Å². The molecule has 27 heavy (non-hydrogen) atoms. The number of esters is 1. The molecule has 6 nitrogen and oxygen atoms in total. The molecule has 0 atom stereocenters. The maximum Gasteiger partial charge on any atom is 0.332 e. The van der Waals surface area contributed by atoms with E-state index in [9.17, 15) is 14.7 Å². The topological polar surface area (TPSA) is 85.2 Å². The molecule has 6 heteroatoms. The Kier molecular flexibility index (Phi) is 5.17. The van der Waals surface area contributed by atoms with Crippen LogP contribution in [0.15, 0.2) is 65.8 Å². The van der Waals surface area contributed by atoms with Crippen LogP contribution in [-0.2, 0) is 14.4 Å². The molecule has 0 radical (unpaired) electrons. The van der Waals surface area contributed by atoms with E-state index in [1.165, 1.54) is 13.8 Å². The Hall–Kier alpha value is -3.67. The van der Waals surface area contributed by atoms with Crippen molar-refractivity contribution in [1.82, 2.24) is 0 Å². The van der Waals surface area contributed by atoms with Crippen LogP contribution in [0.4, 0.5) is 0 Å². The van der Waals surface area contributed by atoms with Crippen LogP contribution in [0.25, 0.3) is 10.8 Å². The third kappa shape index (κ3) is 4.12. The van der Waals surface area contributed by atoms with Crippen LogP contribution in [-0.4, -0.2) is 22.8 Å². The van der Waals surface area contributed by atoms with Gasteiger partial charge in [-0.1, -0.05) is 35.5 Å². The van der Waals surface area contributed by atoms with E-state index in [2.05, 4.69) is 5.16 Å². The number of carbonyl (C=O) groups excluding carboxylic acids is 2. The Labute approximate surface area is 155 Å². The van der Waals surface area contributed by atoms with Gasteiger partial charge >= 0.3 is 11.9 Å². The van der Waals surface area contributed by atoms with Crippen molar-refractivity contribution in [2.45, 2.75) is 13.8 Å². The minimum Gasteiger partial charge on any atom is -0.507 e. The number of fused-ring (bicyclic) bond motifs is 1. The summed E-state index contributed by atoms with van der Waals surface area (Å²) in [7, 11) is 0. The standard InChI is InChI=1S/C21H17NO5/c1-13(23)26-17-10-7-16(8-11-17)21(22-27-14(2)24)20-18-6-4-3-5-15(18)9-12-19(20)25/h3-12,25H,1-2H3/b22-21+. The van der Waals surface area contributed by atoms with Crippen LogP contribution < -0.4 is 4.74 Å². The third-order valence-electron chi connectivity index (χ3n) is 3.80. The van der Waals surface area contributed by atoms with Gasteiger partial charge in [-0.2, -0.15) is 0 Å². The number of carbonyl (C=O) groups is 2. The van der Waals surface area contributed by atoms with Crippen LogP contribution in [0.3, 0.4) is 0 Å². The van der Waals surface area contributed by atoms with E-state index in [1.54, 1.807) is 36.4 Å². The van der Waals surface area contributed by atoms with Crippen molar-refractivity contribution in [3.63, 3.8) is 0 Å². The molecule has 0 amide bonds. The molecule has 0 bridgehead atoms. The van der Waals surface area contributed by atoms with E-state index in [0.717, 1.165) is 10.8 Å². The first-order chi connectivity index (χ1) is 13.0. The summed E-state index contributed by atoms with van der Waals surface area (Å²) < 4.78 is 5.03. The number of benzene rings is 3. The highest BCUT2D eigenvalue weighted by Gasteiger charge is 2.17. The number of aromatic hydroxyl groups is 1. The molecule has 0 aliphatic heterocycles. The van der Waals surface area contributed by atoms with Crippen molar-refractivity contribution in [3.8, 4) is 11.5 Å². The summed E-state index contributed by atoms with van der Waals surface area (Å²) in [5, 5.41) is 16.1. The maximum atomic E-state index is 11.3.